The van der Waals surface area contributed by atoms with Gasteiger partial charge in [0.25, 0.3) is 0 Å². The van der Waals surface area contributed by atoms with E-state index in [0.29, 0.717) is 17.1 Å². The summed E-state index contributed by atoms with van der Waals surface area (Å²) >= 11 is 0. The third-order valence-corrected chi connectivity index (χ3v) is 6.17. The highest BCUT2D eigenvalue weighted by atomic mass is 16.6. The Morgan fingerprint density at radius 3 is 2.52 bits per heavy atom. The predicted octanol–water partition coefficient (Wildman–Crippen LogP) is 5.18. The van der Waals surface area contributed by atoms with E-state index in [2.05, 4.69) is 0 Å². The number of hydrogen-bond acceptors (Lipinski definition) is 5. The van der Waals surface area contributed by atoms with Crippen molar-refractivity contribution in [2.75, 3.05) is 19.0 Å². The molecule has 6 rings (SSSR count). The molecule has 0 aromatic heterocycles. The Balaban J connectivity index is 1.77. The number of nitrogens with zero attached hydrogens (tertiary/aromatic N) is 1. The first kappa shape index (κ1) is 17.8. The highest BCUT2D eigenvalue weighted by Gasteiger charge is 2.54. The van der Waals surface area contributed by atoms with Gasteiger partial charge in [-0.05, 0) is 47.2 Å². The lowest BCUT2D eigenvalue weighted by Gasteiger charge is -2.37. The first-order valence-corrected chi connectivity index (χ1v) is 10.1. The van der Waals surface area contributed by atoms with Gasteiger partial charge in [-0.3, -0.25) is 0 Å². The number of carbonyl (C=O) groups excluding carboxylic acids is 1. The second kappa shape index (κ2) is 6.01. The van der Waals surface area contributed by atoms with Crippen LogP contribution < -0.4 is 9.64 Å². The van der Waals surface area contributed by atoms with Gasteiger partial charge in [0.1, 0.15) is 17.2 Å². The molecule has 0 saturated carbocycles. The largest absolute Gasteiger partial charge is 0.508 e. The fourth-order valence-corrected chi connectivity index (χ4v) is 4.76. The average molecular weight is 409 g/mol. The SMILES string of the molecule is CN(C)c1ccc2c(c1)Oc1ccc3ccc(O)cc3c1[C@]21OC(=O)c2ccccc21. The molecule has 0 fully saturated rings. The number of hydrogen-bond donors (Lipinski definition) is 1. The van der Waals surface area contributed by atoms with Crippen molar-refractivity contribution in [1.29, 1.82) is 0 Å². The molecule has 2 heterocycles. The smallest absolute Gasteiger partial charge is 0.340 e. The van der Waals surface area contributed by atoms with Gasteiger partial charge in [-0.15, -0.1) is 0 Å². The molecule has 31 heavy (non-hydrogen) atoms. The van der Waals surface area contributed by atoms with Gasteiger partial charge < -0.3 is 19.5 Å². The molecule has 0 aliphatic carbocycles. The van der Waals surface area contributed by atoms with Crippen LogP contribution in [0.3, 0.4) is 0 Å². The van der Waals surface area contributed by atoms with E-state index < -0.39 is 5.60 Å². The molecule has 0 unspecified atom stereocenters. The van der Waals surface area contributed by atoms with Crippen LogP contribution in [-0.4, -0.2) is 25.2 Å². The molecule has 0 bridgehead atoms. The van der Waals surface area contributed by atoms with Crippen molar-refractivity contribution in [1.82, 2.24) is 0 Å². The molecule has 0 radical (unpaired) electrons. The van der Waals surface area contributed by atoms with Gasteiger partial charge in [-0.1, -0.05) is 30.3 Å². The summed E-state index contributed by atoms with van der Waals surface area (Å²) in [6.07, 6.45) is 0. The highest BCUT2D eigenvalue weighted by Crippen LogP contribution is 2.58. The lowest BCUT2D eigenvalue weighted by molar-refractivity contribution is 0.0229. The van der Waals surface area contributed by atoms with Crippen LogP contribution >= 0.6 is 0 Å². The molecule has 0 amide bonds. The van der Waals surface area contributed by atoms with Crippen molar-refractivity contribution in [3.05, 3.63) is 95.1 Å². The second-order valence-electron chi connectivity index (χ2n) is 8.14. The van der Waals surface area contributed by atoms with E-state index in [9.17, 15) is 9.90 Å². The number of ether oxygens (including phenoxy) is 2. The molecule has 0 saturated heterocycles. The minimum atomic E-state index is -1.16. The molecule has 152 valence electrons. The lowest BCUT2D eigenvalue weighted by atomic mass is 9.76. The summed E-state index contributed by atoms with van der Waals surface area (Å²) in [5, 5.41) is 12.0. The third-order valence-electron chi connectivity index (χ3n) is 6.17. The molecule has 5 heteroatoms. The Kier molecular flexibility index (Phi) is 3.46. The Hall–Kier alpha value is -3.99. The third kappa shape index (κ3) is 2.28. The van der Waals surface area contributed by atoms with Crippen LogP contribution in [0.1, 0.15) is 27.0 Å². The maximum Gasteiger partial charge on any atom is 0.340 e. The summed E-state index contributed by atoms with van der Waals surface area (Å²) in [5.74, 6) is 1.01. The summed E-state index contributed by atoms with van der Waals surface area (Å²) in [7, 11) is 3.94. The summed E-state index contributed by atoms with van der Waals surface area (Å²) in [4.78, 5) is 15.0. The molecule has 1 spiro atoms. The van der Waals surface area contributed by atoms with Crippen molar-refractivity contribution in [3.8, 4) is 17.2 Å². The van der Waals surface area contributed by atoms with E-state index in [1.807, 2.05) is 73.6 Å². The summed E-state index contributed by atoms with van der Waals surface area (Å²) in [5.41, 5.74) is 2.63. The normalized spacial score (nSPS) is 18.2. The predicted molar refractivity (Wildman–Crippen MR) is 118 cm³/mol. The van der Waals surface area contributed by atoms with E-state index in [-0.39, 0.29) is 11.7 Å². The van der Waals surface area contributed by atoms with Crippen LogP contribution in [0.4, 0.5) is 5.69 Å². The number of aromatic hydroxyl groups is 1. The molecule has 1 N–H and O–H groups in total. The fraction of sp³-hybridized carbons (Fsp3) is 0.115. The zero-order valence-corrected chi connectivity index (χ0v) is 17.0. The van der Waals surface area contributed by atoms with E-state index in [1.54, 1.807) is 18.2 Å². The van der Waals surface area contributed by atoms with E-state index in [4.69, 9.17) is 9.47 Å². The molecule has 4 aromatic rings. The second-order valence-corrected chi connectivity index (χ2v) is 8.14. The fourth-order valence-electron chi connectivity index (χ4n) is 4.76. The van der Waals surface area contributed by atoms with Gasteiger partial charge in [0.15, 0.2) is 5.60 Å². The van der Waals surface area contributed by atoms with E-state index in [0.717, 1.165) is 33.2 Å². The van der Waals surface area contributed by atoms with Gasteiger partial charge in [0, 0.05) is 37.0 Å². The van der Waals surface area contributed by atoms with Gasteiger partial charge >= 0.3 is 5.97 Å². The van der Waals surface area contributed by atoms with Crippen LogP contribution in [0.15, 0.2) is 72.8 Å². The number of anilines is 1. The van der Waals surface area contributed by atoms with Crippen molar-refractivity contribution >= 4 is 22.4 Å². The van der Waals surface area contributed by atoms with Crippen molar-refractivity contribution in [2.24, 2.45) is 0 Å². The summed E-state index contributed by atoms with van der Waals surface area (Å²) < 4.78 is 12.6. The summed E-state index contributed by atoms with van der Waals surface area (Å²) in [6.45, 7) is 0. The quantitative estimate of drug-likeness (QED) is 0.439. The zero-order valence-electron chi connectivity index (χ0n) is 17.0. The van der Waals surface area contributed by atoms with Crippen LogP contribution in [0, 0.1) is 0 Å². The minimum Gasteiger partial charge on any atom is -0.508 e. The topological polar surface area (TPSA) is 59.0 Å². The molecule has 2 aliphatic rings. The molecule has 1 atom stereocenters. The number of fused-ring (bicyclic) bond motifs is 8. The van der Waals surface area contributed by atoms with Gasteiger partial charge in [0.2, 0.25) is 0 Å². The van der Waals surface area contributed by atoms with Crippen LogP contribution in [-0.2, 0) is 10.3 Å². The zero-order chi connectivity index (χ0) is 21.3. The van der Waals surface area contributed by atoms with Gasteiger partial charge in [-0.25, -0.2) is 4.79 Å². The summed E-state index contributed by atoms with van der Waals surface area (Å²) in [6, 6.07) is 22.4. The highest BCUT2D eigenvalue weighted by molar-refractivity contribution is 6.00. The number of benzene rings is 4. The molecular weight excluding hydrogens is 390 g/mol. The lowest BCUT2D eigenvalue weighted by Crippen LogP contribution is -2.33. The molecule has 5 nitrogen and oxygen atoms in total. The van der Waals surface area contributed by atoms with E-state index in [1.165, 1.54) is 0 Å². The number of rotatable bonds is 1. The first-order chi connectivity index (χ1) is 15.0. The van der Waals surface area contributed by atoms with E-state index >= 15 is 0 Å². The van der Waals surface area contributed by atoms with Gasteiger partial charge in [-0.2, -0.15) is 0 Å². The maximum absolute atomic E-state index is 13.0. The van der Waals surface area contributed by atoms with Gasteiger partial charge in [0.05, 0.1) is 11.1 Å². The average Bonchev–Trinajstić information content (AvgIpc) is 3.06. The van der Waals surface area contributed by atoms with Crippen molar-refractivity contribution in [3.63, 3.8) is 0 Å². The number of carbonyl (C=O) groups is 1. The monoisotopic (exact) mass is 409 g/mol. The van der Waals surface area contributed by atoms with Crippen molar-refractivity contribution < 1.29 is 19.4 Å². The molecular formula is C26H19NO4. The van der Waals surface area contributed by atoms with Crippen LogP contribution in [0.25, 0.3) is 10.8 Å². The Morgan fingerprint density at radius 2 is 1.68 bits per heavy atom. The van der Waals surface area contributed by atoms with Crippen molar-refractivity contribution in [2.45, 2.75) is 5.60 Å². The number of phenolic OH excluding ortho intramolecular Hbond substituents is 1. The Bertz CT molecular complexity index is 1410. The number of esters is 1. The minimum absolute atomic E-state index is 0.141. The molecule has 2 aliphatic heterocycles. The Labute approximate surface area is 179 Å². The first-order valence-electron chi connectivity index (χ1n) is 10.1. The maximum atomic E-state index is 13.0. The molecule has 4 aromatic carbocycles. The van der Waals surface area contributed by atoms with Crippen LogP contribution in [0.5, 0.6) is 17.2 Å². The standard InChI is InChI=1S/C26H19NO4/c1-27(2)16-9-11-21-23(13-16)30-22-12-8-15-7-10-17(28)14-19(15)24(22)26(21)20-6-4-3-5-18(20)25(29)31-26/h3-14,28H,1-2H3/t26-/m1/s1. The Morgan fingerprint density at radius 1 is 0.871 bits per heavy atom. The number of phenols is 1. The van der Waals surface area contributed by atoms with Crippen LogP contribution in [0.2, 0.25) is 0 Å².